The van der Waals surface area contributed by atoms with E-state index in [9.17, 15) is 10.1 Å². The van der Waals surface area contributed by atoms with Gasteiger partial charge in [0.25, 0.3) is 0 Å². The van der Waals surface area contributed by atoms with Gasteiger partial charge in [0, 0.05) is 6.20 Å². The summed E-state index contributed by atoms with van der Waals surface area (Å²) in [5, 5.41) is 19.5. The predicted octanol–water partition coefficient (Wildman–Crippen LogP) is -1.36. The normalized spacial score (nSPS) is 16.5. The van der Waals surface area contributed by atoms with Gasteiger partial charge >= 0.3 is 0 Å². The molecule has 1 aliphatic heterocycles. The largest absolute Gasteiger partial charge is 0.375 e. The second-order valence-electron chi connectivity index (χ2n) is 1.59. The van der Waals surface area contributed by atoms with Gasteiger partial charge in [-0.1, -0.05) is 5.53 Å². The third-order valence-electron chi connectivity index (χ3n) is 0.947. The molecular formula is C3H6N4O3. The van der Waals surface area contributed by atoms with Crippen LogP contribution in [0.25, 0.3) is 0 Å². The lowest BCUT2D eigenvalue weighted by Crippen LogP contribution is -2.42. The number of aliphatic hydroxyl groups is 1. The van der Waals surface area contributed by atoms with Crippen LogP contribution < -0.4 is 5.53 Å². The first-order valence-corrected chi connectivity index (χ1v) is 2.49. The molecule has 0 aromatic heterocycles. The molecule has 1 rings (SSSR count). The zero-order chi connectivity index (χ0) is 7.56. The first-order valence-electron chi connectivity index (χ1n) is 2.49. The van der Waals surface area contributed by atoms with Crippen molar-refractivity contribution in [2.75, 3.05) is 6.73 Å². The fourth-order valence-corrected chi connectivity index (χ4v) is 0.512. The van der Waals surface area contributed by atoms with Crippen molar-refractivity contribution in [2.45, 2.75) is 0 Å². The summed E-state index contributed by atoms with van der Waals surface area (Å²) < 4.78 is 0. The first-order chi connectivity index (χ1) is 4.74. The number of hydrogen-bond acceptors (Lipinski definition) is 5. The molecule has 0 bridgehead atoms. The number of rotatable bonds is 2. The van der Waals surface area contributed by atoms with Crippen LogP contribution in [0, 0.1) is 10.1 Å². The van der Waals surface area contributed by atoms with Crippen molar-refractivity contribution in [3.63, 3.8) is 0 Å². The van der Waals surface area contributed by atoms with Crippen LogP contribution in [0.15, 0.2) is 12.4 Å². The number of hydrogen-bond donors (Lipinski definition) is 2. The molecular weight excluding hydrogens is 140 g/mol. The van der Waals surface area contributed by atoms with Gasteiger partial charge in [-0.05, 0) is 5.12 Å². The molecule has 2 N–H and O–H groups in total. The van der Waals surface area contributed by atoms with E-state index in [0.717, 1.165) is 5.01 Å². The molecule has 1 heterocycles. The Morgan fingerprint density at radius 3 is 2.70 bits per heavy atom. The highest BCUT2D eigenvalue weighted by Crippen LogP contribution is 1.97. The summed E-state index contributed by atoms with van der Waals surface area (Å²) >= 11 is 0. The number of hydrazine groups is 3. The predicted molar refractivity (Wildman–Crippen MR) is 30.0 cm³/mol. The van der Waals surface area contributed by atoms with Crippen LogP contribution in [0.4, 0.5) is 0 Å². The van der Waals surface area contributed by atoms with Gasteiger partial charge in [0.05, 0.1) is 0 Å². The molecule has 0 aromatic carbocycles. The summed E-state index contributed by atoms with van der Waals surface area (Å²) in [5.74, 6) is 0. The zero-order valence-electron chi connectivity index (χ0n) is 4.97. The Labute approximate surface area is 56.2 Å². The van der Waals surface area contributed by atoms with E-state index in [0.29, 0.717) is 5.12 Å². The fourth-order valence-electron chi connectivity index (χ4n) is 0.512. The molecule has 0 fully saturated rings. The molecule has 0 aliphatic carbocycles. The van der Waals surface area contributed by atoms with E-state index in [-0.39, 0.29) is 6.73 Å². The van der Waals surface area contributed by atoms with E-state index >= 15 is 0 Å². The lowest BCUT2D eigenvalue weighted by Gasteiger charge is -2.11. The lowest BCUT2D eigenvalue weighted by molar-refractivity contribution is -0.657. The van der Waals surface area contributed by atoms with Gasteiger partial charge in [-0.25, -0.2) is 10.1 Å². The van der Waals surface area contributed by atoms with Crippen molar-refractivity contribution in [1.29, 1.82) is 0 Å². The zero-order valence-corrected chi connectivity index (χ0v) is 4.97. The maximum absolute atomic E-state index is 9.97. The second kappa shape index (κ2) is 2.50. The molecule has 10 heavy (non-hydrogen) atoms. The molecule has 0 atom stereocenters. The van der Waals surface area contributed by atoms with Crippen LogP contribution in [-0.2, 0) is 0 Å². The minimum atomic E-state index is -0.647. The van der Waals surface area contributed by atoms with Crippen molar-refractivity contribution in [3.8, 4) is 0 Å². The van der Waals surface area contributed by atoms with Gasteiger partial charge in [0.15, 0.2) is 5.03 Å². The van der Waals surface area contributed by atoms with Crippen LogP contribution in [0.2, 0.25) is 0 Å². The summed E-state index contributed by atoms with van der Waals surface area (Å²) in [7, 11) is 0. The number of nitrogens with one attached hydrogen (secondary N) is 1. The topological polar surface area (TPSA) is 81.9 Å². The third-order valence-corrected chi connectivity index (χ3v) is 0.947. The molecule has 7 nitrogen and oxygen atoms in total. The van der Waals surface area contributed by atoms with E-state index in [1.807, 2.05) is 0 Å². The van der Waals surface area contributed by atoms with Crippen molar-refractivity contribution < 1.29 is 10.1 Å². The molecule has 7 heteroatoms. The fraction of sp³-hybridized carbons (Fsp3) is 0.333. The van der Waals surface area contributed by atoms with Crippen molar-refractivity contribution >= 4 is 0 Å². The van der Waals surface area contributed by atoms with Gasteiger partial charge in [-0.15, -0.1) is 0 Å². The highest BCUT2D eigenvalue weighted by molar-refractivity contribution is 4.79. The van der Waals surface area contributed by atoms with Crippen molar-refractivity contribution in [3.05, 3.63) is 22.5 Å². The van der Waals surface area contributed by atoms with E-state index in [1.54, 1.807) is 0 Å². The van der Waals surface area contributed by atoms with E-state index < -0.39 is 5.03 Å². The third kappa shape index (κ3) is 1.14. The van der Waals surface area contributed by atoms with Crippen LogP contribution in [-0.4, -0.2) is 27.0 Å². The molecule has 0 saturated heterocycles. The van der Waals surface area contributed by atoms with Gasteiger partial charge in [0.2, 0.25) is 0 Å². The Hall–Kier alpha value is -1.34. The van der Waals surface area contributed by atoms with Gasteiger partial charge < -0.3 is 5.11 Å². The van der Waals surface area contributed by atoms with Crippen LogP contribution in [0.1, 0.15) is 0 Å². The van der Waals surface area contributed by atoms with Crippen molar-refractivity contribution in [1.82, 2.24) is 15.7 Å². The van der Waals surface area contributed by atoms with Crippen LogP contribution >= 0.6 is 0 Å². The van der Waals surface area contributed by atoms with Crippen LogP contribution in [0.5, 0.6) is 0 Å². The summed E-state index contributed by atoms with van der Waals surface area (Å²) in [6.45, 7) is -0.305. The molecule has 0 aromatic rings. The molecule has 0 spiro atoms. The second-order valence-corrected chi connectivity index (χ2v) is 1.59. The molecule has 56 valence electrons. The summed E-state index contributed by atoms with van der Waals surface area (Å²) in [5.41, 5.74) is 2.25. The highest BCUT2D eigenvalue weighted by atomic mass is 16.7. The van der Waals surface area contributed by atoms with E-state index in [4.69, 9.17) is 5.11 Å². The maximum Gasteiger partial charge on any atom is 0.182 e. The minimum Gasteiger partial charge on any atom is -0.375 e. The minimum absolute atomic E-state index is 0.305. The monoisotopic (exact) mass is 146 g/mol. The average molecular weight is 146 g/mol. The Kier molecular flexibility index (Phi) is 1.69. The average Bonchev–Trinajstić information content (AvgIpc) is 2.34. The maximum atomic E-state index is 9.97. The Morgan fingerprint density at radius 1 is 1.70 bits per heavy atom. The SMILES string of the molecule is O=[N+]([O-])N1C=CN(CO)N1. The Bertz CT molecular complexity index is 169. The van der Waals surface area contributed by atoms with E-state index in [2.05, 4.69) is 5.53 Å². The van der Waals surface area contributed by atoms with Gasteiger partial charge in [0.1, 0.15) is 12.9 Å². The summed E-state index contributed by atoms with van der Waals surface area (Å²) in [4.78, 5) is 9.97. The number of aliphatic hydroxyl groups excluding tert-OH is 1. The highest BCUT2D eigenvalue weighted by Gasteiger charge is 2.18. The first kappa shape index (κ1) is 6.78. The Morgan fingerprint density at radius 2 is 2.40 bits per heavy atom. The quantitative estimate of drug-likeness (QED) is 0.369. The number of nitro groups is 1. The molecule has 0 saturated carbocycles. The Balaban J connectivity index is 2.45. The molecule has 0 amide bonds. The summed E-state index contributed by atoms with van der Waals surface area (Å²) in [6.07, 6.45) is 2.54. The smallest absolute Gasteiger partial charge is 0.182 e. The van der Waals surface area contributed by atoms with Gasteiger partial charge in [-0.3, -0.25) is 5.01 Å². The van der Waals surface area contributed by atoms with Crippen LogP contribution in [0.3, 0.4) is 0 Å². The van der Waals surface area contributed by atoms with Crippen molar-refractivity contribution in [2.24, 2.45) is 0 Å². The molecule has 1 aliphatic rings. The number of nitrogens with zero attached hydrogens (tertiary/aromatic N) is 3. The molecule has 0 radical (unpaired) electrons. The lowest BCUT2D eigenvalue weighted by atomic mass is 10.9. The van der Waals surface area contributed by atoms with E-state index in [1.165, 1.54) is 12.4 Å². The molecule has 0 unspecified atom stereocenters. The standard InChI is InChI=1S/C3H6N4O3/c8-3-5-1-2-6(4-5)7(9)10/h1-2,4,8H,3H2. The van der Waals surface area contributed by atoms with Gasteiger partial charge in [-0.2, -0.15) is 0 Å². The summed E-state index contributed by atoms with van der Waals surface area (Å²) in [6, 6.07) is 0.